The molecule has 1 aromatic heterocycles. The molecule has 0 aromatic carbocycles. The lowest BCUT2D eigenvalue weighted by Gasteiger charge is -2.00. The van der Waals surface area contributed by atoms with Crippen molar-refractivity contribution in [2.24, 2.45) is 0 Å². The van der Waals surface area contributed by atoms with Crippen LogP contribution in [0.25, 0.3) is 0 Å². The molecule has 66 valence electrons. The average molecular weight is 224 g/mol. The van der Waals surface area contributed by atoms with Crippen LogP contribution in [0.5, 0.6) is 0 Å². The molecule has 1 heterocycles. The number of hydrogen-bond donors (Lipinski definition) is 1. The van der Waals surface area contributed by atoms with Crippen molar-refractivity contribution in [3.05, 3.63) is 22.3 Å². The zero-order chi connectivity index (χ0) is 8.97. The fraction of sp³-hybridized carbons (Fsp3) is 0.286. The highest BCUT2D eigenvalue weighted by Crippen LogP contribution is 2.26. The molecule has 12 heavy (non-hydrogen) atoms. The van der Waals surface area contributed by atoms with Gasteiger partial charge in [-0.1, -0.05) is 23.2 Å². The maximum atomic E-state index is 8.56. The number of aliphatic hydroxyl groups is 1. The van der Waals surface area contributed by atoms with Crippen LogP contribution in [0.4, 0.5) is 0 Å². The van der Waals surface area contributed by atoms with E-state index < -0.39 is 0 Å². The summed E-state index contributed by atoms with van der Waals surface area (Å²) in [5.41, 5.74) is 0. The third-order valence-corrected chi connectivity index (χ3v) is 2.70. The molecule has 0 saturated carbocycles. The lowest BCUT2D eigenvalue weighted by Crippen LogP contribution is -1.88. The normalized spacial score (nSPS) is 10.2. The molecular formula is C7H7Cl2NOS. The SMILES string of the molecule is OCCSc1ncc(Cl)cc1Cl. The van der Waals surface area contributed by atoms with Gasteiger partial charge in [0.25, 0.3) is 0 Å². The number of pyridine rings is 1. The third kappa shape index (κ3) is 2.83. The summed E-state index contributed by atoms with van der Waals surface area (Å²) in [7, 11) is 0. The minimum Gasteiger partial charge on any atom is -0.396 e. The van der Waals surface area contributed by atoms with E-state index in [0.29, 0.717) is 20.8 Å². The predicted molar refractivity (Wildman–Crippen MR) is 52.1 cm³/mol. The highest BCUT2D eigenvalue weighted by molar-refractivity contribution is 7.99. The summed E-state index contributed by atoms with van der Waals surface area (Å²) in [4.78, 5) is 4.00. The van der Waals surface area contributed by atoms with Gasteiger partial charge in [-0.05, 0) is 6.07 Å². The summed E-state index contributed by atoms with van der Waals surface area (Å²) >= 11 is 12.9. The van der Waals surface area contributed by atoms with E-state index in [9.17, 15) is 0 Å². The van der Waals surface area contributed by atoms with Crippen LogP contribution in [-0.2, 0) is 0 Å². The molecule has 0 spiro atoms. The molecule has 0 unspecified atom stereocenters. The second-order valence-corrected chi connectivity index (χ2v) is 3.94. The molecule has 0 radical (unpaired) electrons. The molecule has 0 aliphatic rings. The van der Waals surface area contributed by atoms with Gasteiger partial charge in [0.1, 0.15) is 5.03 Å². The van der Waals surface area contributed by atoms with Crippen molar-refractivity contribution in [2.45, 2.75) is 5.03 Å². The van der Waals surface area contributed by atoms with Gasteiger partial charge in [0, 0.05) is 11.9 Å². The fourth-order valence-electron chi connectivity index (χ4n) is 0.651. The van der Waals surface area contributed by atoms with Crippen LogP contribution in [0.15, 0.2) is 17.3 Å². The average Bonchev–Trinajstić information content (AvgIpc) is 2.03. The molecule has 0 bridgehead atoms. The lowest BCUT2D eigenvalue weighted by atomic mass is 10.5. The summed E-state index contributed by atoms with van der Waals surface area (Å²) in [5, 5.41) is 10.3. The van der Waals surface area contributed by atoms with Gasteiger partial charge >= 0.3 is 0 Å². The largest absolute Gasteiger partial charge is 0.396 e. The van der Waals surface area contributed by atoms with Gasteiger partial charge in [-0.15, -0.1) is 11.8 Å². The first-order valence-electron chi connectivity index (χ1n) is 3.28. The van der Waals surface area contributed by atoms with Gasteiger partial charge in [-0.3, -0.25) is 0 Å². The van der Waals surface area contributed by atoms with Crippen LogP contribution in [-0.4, -0.2) is 22.5 Å². The standard InChI is InChI=1S/C7H7Cl2NOS/c8-5-3-6(9)7(10-4-5)12-2-1-11/h3-4,11H,1-2H2. The summed E-state index contributed by atoms with van der Waals surface area (Å²) in [5.74, 6) is 0.592. The van der Waals surface area contributed by atoms with E-state index in [4.69, 9.17) is 28.3 Å². The Kier molecular flexibility index (Phi) is 4.15. The van der Waals surface area contributed by atoms with Gasteiger partial charge in [-0.2, -0.15) is 0 Å². The topological polar surface area (TPSA) is 33.1 Å². The van der Waals surface area contributed by atoms with Gasteiger partial charge in [0.15, 0.2) is 0 Å². The fourth-order valence-corrected chi connectivity index (χ4v) is 1.80. The monoisotopic (exact) mass is 223 g/mol. The molecule has 5 heteroatoms. The Labute approximate surface area is 84.9 Å². The second-order valence-electron chi connectivity index (χ2n) is 2.01. The summed E-state index contributed by atoms with van der Waals surface area (Å²) < 4.78 is 0. The first-order chi connectivity index (χ1) is 5.74. The smallest absolute Gasteiger partial charge is 0.115 e. The molecule has 0 atom stereocenters. The Morgan fingerprint density at radius 3 is 2.83 bits per heavy atom. The molecule has 1 N–H and O–H groups in total. The minimum atomic E-state index is 0.116. The number of halogens is 2. The van der Waals surface area contributed by atoms with Crippen molar-refractivity contribution in [1.82, 2.24) is 4.98 Å². The zero-order valence-corrected chi connectivity index (χ0v) is 8.46. The van der Waals surface area contributed by atoms with E-state index >= 15 is 0 Å². The van der Waals surface area contributed by atoms with E-state index in [-0.39, 0.29) is 6.61 Å². The van der Waals surface area contributed by atoms with Gasteiger partial charge < -0.3 is 5.11 Å². The van der Waals surface area contributed by atoms with Gasteiger partial charge in [0.05, 0.1) is 16.7 Å². The Morgan fingerprint density at radius 1 is 1.50 bits per heavy atom. The van der Waals surface area contributed by atoms with Crippen molar-refractivity contribution >= 4 is 35.0 Å². The molecule has 0 amide bonds. The number of thioether (sulfide) groups is 1. The number of rotatable bonds is 3. The summed E-state index contributed by atoms with van der Waals surface area (Å²) in [6.07, 6.45) is 1.53. The second kappa shape index (κ2) is 4.92. The van der Waals surface area contributed by atoms with Crippen LogP contribution < -0.4 is 0 Å². The molecular weight excluding hydrogens is 217 g/mol. The molecule has 0 aliphatic heterocycles. The van der Waals surface area contributed by atoms with Crippen molar-refractivity contribution in [1.29, 1.82) is 0 Å². The highest BCUT2D eigenvalue weighted by Gasteiger charge is 2.02. The molecule has 0 aliphatic carbocycles. The van der Waals surface area contributed by atoms with Gasteiger partial charge in [0.2, 0.25) is 0 Å². The maximum Gasteiger partial charge on any atom is 0.115 e. The molecule has 0 fully saturated rings. The third-order valence-electron chi connectivity index (χ3n) is 1.10. The molecule has 2 nitrogen and oxygen atoms in total. The Morgan fingerprint density at radius 2 is 2.25 bits per heavy atom. The number of nitrogens with zero attached hydrogens (tertiary/aromatic N) is 1. The van der Waals surface area contributed by atoms with Gasteiger partial charge in [-0.25, -0.2) is 4.98 Å². The van der Waals surface area contributed by atoms with Crippen LogP contribution in [0.1, 0.15) is 0 Å². The van der Waals surface area contributed by atoms with E-state index in [1.54, 1.807) is 6.07 Å². The quantitative estimate of drug-likeness (QED) is 0.800. The van der Waals surface area contributed by atoms with E-state index in [1.165, 1.54) is 18.0 Å². The number of aliphatic hydroxyl groups excluding tert-OH is 1. The number of aromatic nitrogens is 1. The lowest BCUT2D eigenvalue weighted by molar-refractivity contribution is 0.322. The van der Waals surface area contributed by atoms with Crippen molar-refractivity contribution in [3.63, 3.8) is 0 Å². The van der Waals surface area contributed by atoms with Crippen LogP contribution in [0.2, 0.25) is 10.0 Å². The van der Waals surface area contributed by atoms with Crippen molar-refractivity contribution < 1.29 is 5.11 Å². The van der Waals surface area contributed by atoms with Crippen LogP contribution in [0, 0.1) is 0 Å². The first-order valence-corrected chi connectivity index (χ1v) is 5.03. The Balaban J connectivity index is 2.72. The minimum absolute atomic E-state index is 0.116. The van der Waals surface area contributed by atoms with E-state index in [1.807, 2.05) is 0 Å². The molecule has 1 rings (SSSR count). The Hall–Kier alpha value is 0.0400. The highest BCUT2D eigenvalue weighted by atomic mass is 35.5. The first kappa shape index (κ1) is 10.1. The van der Waals surface area contributed by atoms with Crippen LogP contribution in [0.3, 0.4) is 0 Å². The van der Waals surface area contributed by atoms with Crippen LogP contribution >= 0.6 is 35.0 Å². The number of hydrogen-bond acceptors (Lipinski definition) is 3. The predicted octanol–water partition coefficient (Wildman–Crippen LogP) is 2.47. The zero-order valence-electron chi connectivity index (χ0n) is 6.13. The summed E-state index contributed by atoms with van der Waals surface area (Å²) in [6, 6.07) is 1.63. The van der Waals surface area contributed by atoms with E-state index in [2.05, 4.69) is 4.98 Å². The van der Waals surface area contributed by atoms with Crippen molar-refractivity contribution in [3.8, 4) is 0 Å². The maximum absolute atomic E-state index is 8.56. The van der Waals surface area contributed by atoms with E-state index in [0.717, 1.165) is 0 Å². The molecule has 0 saturated heterocycles. The molecule has 1 aromatic rings. The van der Waals surface area contributed by atoms with Crippen molar-refractivity contribution in [2.75, 3.05) is 12.4 Å². The summed E-state index contributed by atoms with van der Waals surface area (Å²) in [6.45, 7) is 0.116. The Bertz CT molecular complexity index is 270.